The third-order valence-electron chi connectivity index (χ3n) is 5.22. The molecular formula is C27H18N2O. The van der Waals surface area contributed by atoms with Crippen LogP contribution in [0.4, 0.5) is 0 Å². The molecule has 0 amide bonds. The number of nitrogens with zero attached hydrogens (tertiary/aromatic N) is 2. The van der Waals surface area contributed by atoms with E-state index >= 15 is 0 Å². The van der Waals surface area contributed by atoms with Crippen molar-refractivity contribution < 1.29 is 4.79 Å². The predicted molar refractivity (Wildman–Crippen MR) is 122 cm³/mol. The van der Waals surface area contributed by atoms with Gasteiger partial charge in [-0.05, 0) is 69.8 Å². The van der Waals surface area contributed by atoms with Crippen LogP contribution in [0.25, 0.3) is 35.4 Å². The van der Waals surface area contributed by atoms with E-state index in [1.165, 1.54) is 0 Å². The first kappa shape index (κ1) is 18.0. The fraction of sp³-hybridized carbons (Fsp3) is 0. The smallest absolute Gasteiger partial charge is 0.194 e. The van der Waals surface area contributed by atoms with Gasteiger partial charge in [-0.25, -0.2) is 0 Å². The normalized spacial score (nSPS) is 12.5. The lowest BCUT2D eigenvalue weighted by molar-refractivity contribution is 0.104. The van der Waals surface area contributed by atoms with E-state index < -0.39 is 0 Å². The number of ketones is 1. The molecule has 1 aliphatic carbocycles. The molecule has 1 aliphatic rings. The Kier molecular flexibility index (Phi) is 4.62. The Balaban J connectivity index is 1.43. The molecule has 0 spiro atoms. The lowest BCUT2D eigenvalue weighted by Gasteiger charge is -2.02. The summed E-state index contributed by atoms with van der Waals surface area (Å²) in [6.45, 7) is 0. The number of benzene rings is 2. The van der Waals surface area contributed by atoms with Gasteiger partial charge in [0.1, 0.15) is 0 Å². The summed E-state index contributed by atoms with van der Waals surface area (Å²) in [5, 5.41) is 0. The molecule has 142 valence electrons. The first-order valence-corrected chi connectivity index (χ1v) is 9.77. The summed E-state index contributed by atoms with van der Waals surface area (Å²) >= 11 is 0. The van der Waals surface area contributed by atoms with Crippen molar-refractivity contribution in [3.63, 3.8) is 0 Å². The molecule has 0 N–H and O–H groups in total. The third-order valence-corrected chi connectivity index (χ3v) is 5.22. The van der Waals surface area contributed by atoms with E-state index in [0.29, 0.717) is 0 Å². The number of carbonyl (C=O) groups excluding carboxylic acids is 1. The Morgan fingerprint density at radius 3 is 1.30 bits per heavy atom. The van der Waals surface area contributed by atoms with Gasteiger partial charge in [0.2, 0.25) is 0 Å². The fourth-order valence-corrected chi connectivity index (χ4v) is 3.66. The molecule has 5 rings (SSSR count). The molecule has 30 heavy (non-hydrogen) atoms. The van der Waals surface area contributed by atoms with Crippen molar-refractivity contribution in [3.8, 4) is 11.1 Å². The van der Waals surface area contributed by atoms with Crippen molar-refractivity contribution in [1.82, 2.24) is 9.97 Å². The quantitative estimate of drug-likeness (QED) is 0.379. The van der Waals surface area contributed by atoms with E-state index in [0.717, 1.165) is 44.5 Å². The summed E-state index contributed by atoms with van der Waals surface area (Å²) in [6.07, 6.45) is 15.2. The van der Waals surface area contributed by atoms with Crippen LogP contribution in [0.3, 0.4) is 0 Å². The molecule has 0 saturated carbocycles. The Morgan fingerprint density at radius 2 is 0.867 bits per heavy atom. The highest BCUT2D eigenvalue weighted by molar-refractivity contribution is 6.22. The highest BCUT2D eigenvalue weighted by atomic mass is 16.1. The first-order chi connectivity index (χ1) is 14.8. The maximum absolute atomic E-state index is 13.1. The molecule has 0 fully saturated rings. The molecule has 0 aliphatic heterocycles. The molecule has 2 heterocycles. The minimum atomic E-state index is 0.0818. The van der Waals surface area contributed by atoms with Gasteiger partial charge < -0.3 is 0 Å². The number of hydrogen-bond acceptors (Lipinski definition) is 3. The second-order valence-corrected chi connectivity index (χ2v) is 7.17. The Hall–Kier alpha value is -4.11. The van der Waals surface area contributed by atoms with Gasteiger partial charge in [-0.3, -0.25) is 14.8 Å². The summed E-state index contributed by atoms with van der Waals surface area (Å²) in [6, 6.07) is 19.9. The van der Waals surface area contributed by atoms with Gasteiger partial charge in [0, 0.05) is 35.9 Å². The van der Waals surface area contributed by atoms with Gasteiger partial charge in [-0.2, -0.15) is 0 Å². The van der Waals surface area contributed by atoms with Gasteiger partial charge in [0.05, 0.1) is 0 Å². The van der Waals surface area contributed by atoms with Crippen LogP contribution in [0, 0.1) is 0 Å². The summed E-state index contributed by atoms with van der Waals surface area (Å²) < 4.78 is 0. The van der Waals surface area contributed by atoms with Crippen LogP contribution in [0.5, 0.6) is 0 Å². The predicted octanol–water partition coefficient (Wildman–Crippen LogP) is 6.03. The van der Waals surface area contributed by atoms with Crippen molar-refractivity contribution in [2.45, 2.75) is 0 Å². The van der Waals surface area contributed by atoms with Crippen LogP contribution in [0.15, 0.2) is 85.5 Å². The van der Waals surface area contributed by atoms with E-state index in [-0.39, 0.29) is 5.78 Å². The molecule has 0 radical (unpaired) electrons. The molecule has 2 aromatic heterocycles. The minimum Gasteiger partial charge on any atom is -0.289 e. The monoisotopic (exact) mass is 386 g/mol. The molecular weight excluding hydrogens is 368 g/mol. The Bertz CT molecular complexity index is 1190. The van der Waals surface area contributed by atoms with E-state index in [1.54, 1.807) is 24.8 Å². The number of carbonyl (C=O) groups is 1. The highest BCUT2D eigenvalue weighted by Crippen LogP contribution is 2.38. The van der Waals surface area contributed by atoms with Crippen molar-refractivity contribution >= 4 is 30.1 Å². The van der Waals surface area contributed by atoms with E-state index in [2.05, 4.69) is 22.1 Å². The van der Waals surface area contributed by atoms with Gasteiger partial charge in [-0.1, -0.05) is 48.6 Å². The van der Waals surface area contributed by atoms with Crippen molar-refractivity contribution in [2.75, 3.05) is 0 Å². The summed E-state index contributed by atoms with van der Waals surface area (Å²) in [4.78, 5) is 21.1. The molecule has 0 saturated heterocycles. The zero-order valence-electron chi connectivity index (χ0n) is 16.2. The molecule has 0 bridgehead atoms. The van der Waals surface area contributed by atoms with E-state index in [1.807, 2.05) is 72.8 Å². The summed E-state index contributed by atoms with van der Waals surface area (Å²) in [7, 11) is 0. The topological polar surface area (TPSA) is 42.9 Å². The number of fused-ring (bicyclic) bond motifs is 3. The highest BCUT2D eigenvalue weighted by Gasteiger charge is 2.26. The van der Waals surface area contributed by atoms with Crippen LogP contribution < -0.4 is 0 Å². The average molecular weight is 386 g/mol. The minimum absolute atomic E-state index is 0.0818. The number of rotatable bonds is 4. The largest absolute Gasteiger partial charge is 0.289 e. The SMILES string of the molecule is O=C1c2cc(/C=C/c3ccncc3)ccc2-c2ccc(/C=C/c3ccncc3)cc21. The number of aromatic nitrogens is 2. The summed E-state index contributed by atoms with van der Waals surface area (Å²) in [5.74, 6) is 0.0818. The standard InChI is InChI=1S/C27H18N2O/c30-27-25-17-21(3-1-19-9-13-28-14-10-19)5-7-23(25)24-8-6-22(18-26(24)27)4-2-20-11-15-29-16-12-20/h1-18H/b3-1+,4-2+. The van der Waals surface area contributed by atoms with Crippen LogP contribution >= 0.6 is 0 Å². The van der Waals surface area contributed by atoms with Gasteiger partial charge in [0.15, 0.2) is 5.78 Å². The van der Waals surface area contributed by atoms with Gasteiger partial charge in [-0.15, -0.1) is 0 Å². The van der Waals surface area contributed by atoms with Crippen LogP contribution in [-0.2, 0) is 0 Å². The molecule has 0 atom stereocenters. The molecule has 0 unspecified atom stereocenters. The maximum Gasteiger partial charge on any atom is 0.194 e. The van der Waals surface area contributed by atoms with Gasteiger partial charge >= 0.3 is 0 Å². The fourth-order valence-electron chi connectivity index (χ4n) is 3.66. The second kappa shape index (κ2) is 7.72. The molecule has 3 nitrogen and oxygen atoms in total. The lowest BCUT2D eigenvalue weighted by atomic mass is 10.0. The van der Waals surface area contributed by atoms with Crippen molar-refractivity contribution in [3.05, 3.63) is 119 Å². The number of hydrogen-bond donors (Lipinski definition) is 0. The zero-order chi connectivity index (χ0) is 20.3. The van der Waals surface area contributed by atoms with Crippen LogP contribution in [0.2, 0.25) is 0 Å². The second-order valence-electron chi connectivity index (χ2n) is 7.17. The van der Waals surface area contributed by atoms with Crippen LogP contribution in [0.1, 0.15) is 38.2 Å². The average Bonchev–Trinajstić information content (AvgIpc) is 3.09. The molecule has 3 heteroatoms. The lowest BCUT2D eigenvalue weighted by Crippen LogP contribution is -1.95. The summed E-state index contributed by atoms with van der Waals surface area (Å²) in [5.41, 5.74) is 7.68. The Labute approximate surface area is 175 Å². The van der Waals surface area contributed by atoms with Crippen molar-refractivity contribution in [1.29, 1.82) is 0 Å². The maximum atomic E-state index is 13.1. The van der Waals surface area contributed by atoms with E-state index in [9.17, 15) is 4.79 Å². The Morgan fingerprint density at radius 1 is 0.467 bits per heavy atom. The van der Waals surface area contributed by atoms with Crippen molar-refractivity contribution in [2.24, 2.45) is 0 Å². The van der Waals surface area contributed by atoms with Crippen LogP contribution in [-0.4, -0.2) is 15.8 Å². The van der Waals surface area contributed by atoms with Gasteiger partial charge in [0.25, 0.3) is 0 Å². The van der Waals surface area contributed by atoms with E-state index in [4.69, 9.17) is 0 Å². The number of pyridine rings is 2. The molecule has 4 aromatic rings. The third kappa shape index (κ3) is 3.49. The first-order valence-electron chi connectivity index (χ1n) is 9.77. The zero-order valence-corrected chi connectivity index (χ0v) is 16.2. The molecule has 2 aromatic carbocycles.